The zero-order valence-electron chi connectivity index (χ0n) is 13.4. The molecule has 24 heavy (non-hydrogen) atoms. The largest absolute Gasteiger partial charge is 0.497 e. The second-order valence-electron chi connectivity index (χ2n) is 5.62. The highest BCUT2D eigenvalue weighted by molar-refractivity contribution is 6.16. The highest BCUT2D eigenvalue weighted by Gasteiger charge is 2.33. The number of methoxy groups -OCH3 is 1. The molecule has 122 valence electrons. The van der Waals surface area contributed by atoms with E-state index in [9.17, 15) is 9.59 Å². The number of carbonyl (C=O) groups is 2. The molecule has 5 heteroatoms. The molecule has 2 aromatic rings. The lowest BCUT2D eigenvalue weighted by molar-refractivity contribution is -0.136. The number of Topliss-reactive ketones (excluding diaryl/α,β-unsaturated/α-hetero) is 1. The molecule has 0 saturated carbocycles. The Morgan fingerprint density at radius 1 is 1.12 bits per heavy atom. The monoisotopic (exact) mass is 322 g/mol. The van der Waals surface area contributed by atoms with Crippen LogP contribution >= 0.6 is 0 Å². The number of nitrogens with zero attached hydrogens (tertiary/aromatic N) is 2. The summed E-state index contributed by atoms with van der Waals surface area (Å²) in [6.45, 7) is 0.374. The third-order valence-corrected chi connectivity index (χ3v) is 3.91. The molecule has 0 spiro atoms. The molecular formula is C19H18N2O3. The Hall–Kier alpha value is -2.95. The summed E-state index contributed by atoms with van der Waals surface area (Å²) in [6.07, 6.45) is 1.62. The van der Waals surface area contributed by atoms with Gasteiger partial charge in [-0.1, -0.05) is 42.5 Å². The maximum Gasteiger partial charge on any atom is 0.259 e. The Balaban J connectivity index is 1.64. The summed E-state index contributed by atoms with van der Waals surface area (Å²) in [6, 6.07) is 16.9. The van der Waals surface area contributed by atoms with Gasteiger partial charge in [0, 0.05) is 12.6 Å². The van der Waals surface area contributed by atoms with E-state index in [-0.39, 0.29) is 18.1 Å². The van der Waals surface area contributed by atoms with Gasteiger partial charge in [0.2, 0.25) is 0 Å². The van der Waals surface area contributed by atoms with Crippen LogP contribution in [0.3, 0.4) is 0 Å². The summed E-state index contributed by atoms with van der Waals surface area (Å²) in [5.74, 6) is -0.545. The minimum atomic E-state index is -0.806. The molecule has 1 amide bonds. The molecule has 0 fully saturated rings. The lowest BCUT2D eigenvalue weighted by Gasteiger charge is -2.14. The maximum absolute atomic E-state index is 12.4. The van der Waals surface area contributed by atoms with E-state index in [2.05, 4.69) is 5.10 Å². The second-order valence-corrected chi connectivity index (χ2v) is 5.62. The summed E-state index contributed by atoms with van der Waals surface area (Å²) < 4.78 is 5.15. The number of benzene rings is 2. The van der Waals surface area contributed by atoms with Crippen LogP contribution in [0.2, 0.25) is 0 Å². The predicted octanol–water partition coefficient (Wildman–Crippen LogP) is 2.45. The summed E-state index contributed by atoms with van der Waals surface area (Å²) in [5.41, 5.74) is 1.80. The van der Waals surface area contributed by atoms with Gasteiger partial charge in [-0.15, -0.1) is 0 Å². The Labute approximate surface area is 140 Å². The Bertz CT molecular complexity index is 771. The van der Waals surface area contributed by atoms with Crippen molar-refractivity contribution >= 4 is 17.9 Å². The summed E-state index contributed by atoms with van der Waals surface area (Å²) in [5, 5.41) is 5.45. The van der Waals surface area contributed by atoms with E-state index in [0.29, 0.717) is 12.3 Å². The number of ether oxygens (including phenoxy) is 1. The summed E-state index contributed by atoms with van der Waals surface area (Å²) in [7, 11) is 1.58. The van der Waals surface area contributed by atoms with Crippen LogP contribution in [0.5, 0.6) is 5.75 Å². The van der Waals surface area contributed by atoms with Crippen LogP contribution in [-0.2, 0) is 22.6 Å². The normalized spacial score (nSPS) is 16.5. The van der Waals surface area contributed by atoms with E-state index in [1.807, 2.05) is 48.5 Å². The Kier molecular flexibility index (Phi) is 4.70. The number of carbonyl (C=O) groups excluding carboxylic acids is 2. The van der Waals surface area contributed by atoms with E-state index in [1.54, 1.807) is 13.2 Å². The van der Waals surface area contributed by atoms with Crippen molar-refractivity contribution in [2.45, 2.75) is 13.0 Å². The molecule has 1 heterocycles. The van der Waals surface area contributed by atoms with Crippen molar-refractivity contribution in [3.8, 4) is 5.75 Å². The van der Waals surface area contributed by atoms with Crippen LogP contribution in [0.15, 0.2) is 59.7 Å². The third kappa shape index (κ3) is 3.51. The van der Waals surface area contributed by atoms with Crippen molar-refractivity contribution in [1.29, 1.82) is 0 Å². The zero-order valence-corrected chi connectivity index (χ0v) is 13.4. The van der Waals surface area contributed by atoms with Crippen LogP contribution < -0.4 is 4.74 Å². The molecule has 1 aliphatic heterocycles. The van der Waals surface area contributed by atoms with Gasteiger partial charge >= 0.3 is 0 Å². The molecule has 0 N–H and O–H groups in total. The van der Waals surface area contributed by atoms with Gasteiger partial charge in [0.1, 0.15) is 11.7 Å². The van der Waals surface area contributed by atoms with E-state index in [0.717, 1.165) is 11.1 Å². The van der Waals surface area contributed by atoms with Crippen LogP contribution in [0, 0.1) is 5.92 Å². The third-order valence-electron chi connectivity index (χ3n) is 3.91. The Morgan fingerprint density at radius 3 is 2.62 bits per heavy atom. The number of hydrogen-bond donors (Lipinski definition) is 0. The van der Waals surface area contributed by atoms with Crippen molar-refractivity contribution in [2.75, 3.05) is 7.11 Å². The Morgan fingerprint density at radius 2 is 1.88 bits per heavy atom. The highest BCUT2D eigenvalue weighted by atomic mass is 16.5. The molecule has 0 aliphatic carbocycles. The minimum Gasteiger partial charge on any atom is -0.497 e. The topological polar surface area (TPSA) is 59.0 Å². The van der Waals surface area contributed by atoms with Gasteiger partial charge in [0.25, 0.3) is 5.91 Å². The van der Waals surface area contributed by atoms with Gasteiger partial charge in [-0.2, -0.15) is 5.10 Å². The first-order chi connectivity index (χ1) is 11.7. The van der Waals surface area contributed by atoms with Crippen LogP contribution in [-0.4, -0.2) is 30.0 Å². The molecule has 2 aromatic carbocycles. The van der Waals surface area contributed by atoms with E-state index < -0.39 is 5.92 Å². The number of amides is 1. The molecule has 1 unspecified atom stereocenters. The van der Waals surface area contributed by atoms with Gasteiger partial charge < -0.3 is 4.74 Å². The van der Waals surface area contributed by atoms with Gasteiger partial charge in [-0.05, 0) is 23.3 Å². The maximum atomic E-state index is 12.4. The first-order valence-electron chi connectivity index (χ1n) is 7.72. The fourth-order valence-electron chi connectivity index (χ4n) is 2.62. The molecule has 3 rings (SSSR count). The van der Waals surface area contributed by atoms with Crippen LogP contribution in [0.1, 0.15) is 11.1 Å². The second kappa shape index (κ2) is 7.08. The van der Waals surface area contributed by atoms with Crippen molar-refractivity contribution < 1.29 is 14.3 Å². The first kappa shape index (κ1) is 15.9. The minimum absolute atomic E-state index is 0.160. The molecule has 0 aromatic heterocycles. The molecule has 0 saturated heterocycles. The SMILES string of the molecule is COc1cccc(CC(=O)C2C=NN(Cc3ccccc3)C2=O)c1. The fourth-order valence-corrected chi connectivity index (χ4v) is 2.62. The van der Waals surface area contributed by atoms with E-state index in [4.69, 9.17) is 4.74 Å². The van der Waals surface area contributed by atoms with Crippen molar-refractivity contribution in [3.05, 3.63) is 65.7 Å². The number of ketones is 1. The molecule has 0 radical (unpaired) electrons. The van der Waals surface area contributed by atoms with Crippen LogP contribution in [0.4, 0.5) is 0 Å². The quantitative estimate of drug-likeness (QED) is 0.768. The van der Waals surface area contributed by atoms with Gasteiger partial charge in [0.15, 0.2) is 5.78 Å². The summed E-state index contributed by atoms with van der Waals surface area (Å²) in [4.78, 5) is 24.9. The molecular weight excluding hydrogens is 304 g/mol. The number of rotatable bonds is 6. The molecule has 1 atom stereocenters. The number of hydrazone groups is 1. The number of hydrogen-bond acceptors (Lipinski definition) is 4. The van der Waals surface area contributed by atoms with Crippen molar-refractivity contribution in [1.82, 2.24) is 5.01 Å². The smallest absolute Gasteiger partial charge is 0.259 e. The van der Waals surface area contributed by atoms with Gasteiger partial charge in [0.05, 0.1) is 13.7 Å². The first-order valence-corrected chi connectivity index (χ1v) is 7.72. The fraction of sp³-hybridized carbons (Fsp3) is 0.211. The zero-order chi connectivity index (χ0) is 16.9. The molecule has 0 bridgehead atoms. The van der Waals surface area contributed by atoms with Gasteiger partial charge in [-0.25, -0.2) is 5.01 Å². The highest BCUT2D eigenvalue weighted by Crippen LogP contribution is 2.19. The average molecular weight is 322 g/mol. The van der Waals surface area contributed by atoms with Gasteiger partial charge in [-0.3, -0.25) is 9.59 Å². The molecule has 5 nitrogen and oxygen atoms in total. The lowest BCUT2D eigenvalue weighted by atomic mass is 9.98. The van der Waals surface area contributed by atoms with E-state index >= 15 is 0 Å². The summed E-state index contributed by atoms with van der Waals surface area (Å²) >= 11 is 0. The van der Waals surface area contributed by atoms with Crippen molar-refractivity contribution in [2.24, 2.45) is 11.0 Å². The standard InChI is InChI=1S/C19H18N2O3/c1-24-16-9-5-8-15(10-16)11-18(22)17-12-20-21(19(17)23)13-14-6-3-2-4-7-14/h2-10,12,17H,11,13H2,1H3. The predicted molar refractivity (Wildman–Crippen MR) is 90.7 cm³/mol. The van der Waals surface area contributed by atoms with E-state index in [1.165, 1.54) is 11.2 Å². The van der Waals surface area contributed by atoms with Crippen LogP contribution in [0.25, 0.3) is 0 Å². The van der Waals surface area contributed by atoms with Crippen molar-refractivity contribution in [3.63, 3.8) is 0 Å². The average Bonchev–Trinajstić information content (AvgIpc) is 2.97. The molecule has 1 aliphatic rings. The lowest BCUT2D eigenvalue weighted by Crippen LogP contribution is -2.31.